The Morgan fingerprint density at radius 3 is 2.48 bits per heavy atom. The molecular weight excluding hydrogens is 340 g/mol. The van der Waals surface area contributed by atoms with Crippen molar-refractivity contribution in [1.29, 1.82) is 0 Å². The van der Waals surface area contributed by atoms with Crippen LogP contribution in [0.15, 0.2) is 79.3 Å². The molecular formula is C21H20N4O2. The Balaban J connectivity index is 1.58. The van der Waals surface area contributed by atoms with Gasteiger partial charge in [0.1, 0.15) is 17.9 Å². The molecule has 3 aromatic rings. The fraction of sp³-hybridized carbons (Fsp3) is 0.0952. The van der Waals surface area contributed by atoms with Crippen LogP contribution in [-0.4, -0.2) is 15.9 Å². The van der Waals surface area contributed by atoms with Crippen molar-refractivity contribution in [3.05, 3.63) is 84.8 Å². The maximum atomic E-state index is 11.1. The lowest BCUT2D eigenvalue weighted by Gasteiger charge is -2.11. The molecule has 2 aromatic carbocycles. The molecule has 3 rings (SSSR count). The highest BCUT2D eigenvalue weighted by Crippen LogP contribution is 2.23. The highest BCUT2D eigenvalue weighted by atomic mass is 16.5. The molecule has 0 unspecified atom stereocenters. The molecule has 136 valence electrons. The minimum atomic E-state index is -0.203. The second-order valence-corrected chi connectivity index (χ2v) is 5.94. The van der Waals surface area contributed by atoms with E-state index in [1.54, 1.807) is 6.07 Å². The smallest absolute Gasteiger partial charge is 0.224 e. The summed E-state index contributed by atoms with van der Waals surface area (Å²) in [5, 5.41) is 5.88. The minimum Gasteiger partial charge on any atom is -0.439 e. The maximum absolute atomic E-state index is 11.1. The number of rotatable bonds is 7. The van der Waals surface area contributed by atoms with E-state index in [9.17, 15) is 4.79 Å². The van der Waals surface area contributed by atoms with Crippen molar-refractivity contribution in [3.8, 4) is 11.6 Å². The lowest BCUT2D eigenvalue weighted by Crippen LogP contribution is -2.07. The maximum Gasteiger partial charge on any atom is 0.224 e. The van der Waals surface area contributed by atoms with Gasteiger partial charge in [0.05, 0.1) is 0 Å². The average molecular weight is 360 g/mol. The largest absolute Gasteiger partial charge is 0.439 e. The lowest BCUT2D eigenvalue weighted by molar-refractivity contribution is -0.114. The minimum absolute atomic E-state index is 0.203. The molecule has 0 spiro atoms. The van der Waals surface area contributed by atoms with Crippen LogP contribution in [0.2, 0.25) is 0 Å². The predicted octanol–water partition coefficient (Wildman–Crippen LogP) is 4.40. The summed E-state index contributed by atoms with van der Waals surface area (Å²) < 4.78 is 5.70. The molecule has 0 bridgehead atoms. The molecule has 1 aromatic heterocycles. The Kier molecular flexibility index (Phi) is 5.79. The Bertz CT molecular complexity index is 924. The number of nitrogens with zero attached hydrogens (tertiary/aromatic N) is 2. The Morgan fingerprint density at radius 1 is 1.04 bits per heavy atom. The van der Waals surface area contributed by atoms with E-state index in [4.69, 9.17) is 4.74 Å². The molecule has 27 heavy (non-hydrogen) atoms. The van der Waals surface area contributed by atoms with Crippen LogP contribution in [0.3, 0.4) is 0 Å². The first-order valence-corrected chi connectivity index (χ1v) is 8.45. The number of allylic oxidation sites excluding steroid dienone is 1. The number of hydrogen-bond donors (Lipinski definition) is 2. The number of carbonyl (C=O) groups is 1. The number of carbonyl (C=O) groups excluding carboxylic acids is 1. The molecule has 1 amide bonds. The summed E-state index contributed by atoms with van der Waals surface area (Å²) in [5.74, 6) is 1.17. The van der Waals surface area contributed by atoms with Gasteiger partial charge in [0.25, 0.3) is 0 Å². The first-order chi connectivity index (χ1) is 13.1. The molecule has 2 N–H and O–H groups in total. The van der Waals surface area contributed by atoms with Crippen LogP contribution >= 0.6 is 0 Å². The average Bonchev–Trinajstić information content (AvgIpc) is 2.64. The van der Waals surface area contributed by atoms with Crippen molar-refractivity contribution in [1.82, 2.24) is 9.97 Å². The Labute approximate surface area is 157 Å². The number of amides is 1. The highest BCUT2D eigenvalue weighted by Gasteiger charge is 2.04. The molecule has 6 heteroatoms. The SMILES string of the molecule is C=C(Cc1ccccc1)Nc1ccc(Oc2cc(NC(C)=O)ncn2)cc1. The lowest BCUT2D eigenvalue weighted by atomic mass is 10.1. The van der Waals surface area contributed by atoms with E-state index < -0.39 is 0 Å². The van der Waals surface area contributed by atoms with E-state index in [1.807, 2.05) is 42.5 Å². The molecule has 0 fully saturated rings. The Morgan fingerprint density at radius 2 is 1.78 bits per heavy atom. The van der Waals surface area contributed by atoms with Crippen LogP contribution in [-0.2, 0) is 11.2 Å². The second-order valence-electron chi connectivity index (χ2n) is 5.94. The fourth-order valence-electron chi connectivity index (χ4n) is 2.46. The third-order valence-electron chi connectivity index (χ3n) is 3.60. The summed E-state index contributed by atoms with van der Waals surface area (Å²) in [6.07, 6.45) is 2.09. The van der Waals surface area contributed by atoms with E-state index in [1.165, 1.54) is 18.8 Å². The van der Waals surface area contributed by atoms with Crippen LogP contribution in [0.1, 0.15) is 12.5 Å². The molecule has 0 aliphatic carbocycles. The molecule has 1 heterocycles. The molecule has 0 saturated heterocycles. The standard InChI is InChI=1S/C21H20N4O2/c1-15(12-17-6-4-3-5-7-17)24-18-8-10-19(11-9-18)27-21-13-20(22-14-23-21)25-16(2)26/h3-11,13-14,24H,1,12H2,2H3,(H,22,23,25,26). The zero-order valence-corrected chi connectivity index (χ0v) is 15.0. The van der Waals surface area contributed by atoms with Crippen molar-refractivity contribution < 1.29 is 9.53 Å². The van der Waals surface area contributed by atoms with Gasteiger partial charge in [0.15, 0.2) is 0 Å². The number of hydrogen-bond acceptors (Lipinski definition) is 5. The van der Waals surface area contributed by atoms with Gasteiger partial charge in [-0.2, -0.15) is 0 Å². The third-order valence-corrected chi connectivity index (χ3v) is 3.60. The van der Waals surface area contributed by atoms with E-state index in [0.29, 0.717) is 17.4 Å². The molecule has 0 saturated carbocycles. The summed E-state index contributed by atoms with van der Waals surface area (Å²) >= 11 is 0. The van der Waals surface area contributed by atoms with Gasteiger partial charge in [-0.05, 0) is 29.8 Å². The number of anilines is 2. The van der Waals surface area contributed by atoms with Gasteiger partial charge in [-0.15, -0.1) is 0 Å². The van der Waals surface area contributed by atoms with E-state index in [2.05, 4.69) is 39.3 Å². The summed E-state index contributed by atoms with van der Waals surface area (Å²) in [5.41, 5.74) is 3.03. The number of ether oxygens (including phenoxy) is 1. The Hall–Kier alpha value is -3.67. The van der Waals surface area contributed by atoms with Crippen LogP contribution in [0.4, 0.5) is 11.5 Å². The third kappa shape index (κ3) is 5.67. The molecule has 0 aliphatic heterocycles. The van der Waals surface area contributed by atoms with Gasteiger partial charge >= 0.3 is 0 Å². The summed E-state index contributed by atoms with van der Waals surface area (Å²) in [4.78, 5) is 19.1. The first kappa shape index (κ1) is 18.1. The van der Waals surface area contributed by atoms with E-state index in [-0.39, 0.29) is 5.91 Å². The van der Waals surface area contributed by atoms with Gasteiger partial charge in [-0.1, -0.05) is 36.9 Å². The number of nitrogens with one attached hydrogen (secondary N) is 2. The van der Waals surface area contributed by atoms with Crippen LogP contribution < -0.4 is 15.4 Å². The van der Waals surface area contributed by atoms with Gasteiger partial charge in [-0.3, -0.25) is 4.79 Å². The summed E-state index contributed by atoms with van der Waals surface area (Å²) in [7, 11) is 0. The van der Waals surface area contributed by atoms with Gasteiger partial charge in [0, 0.05) is 30.8 Å². The van der Waals surface area contributed by atoms with Crippen LogP contribution in [0, 0.1) is 0 Å². The first-order valence-electron chi connectivity index (χ1n) is 8.45. The zero-order valence-electron chi connectivity index (χ0n) is 15.0. The zero-order chi connectivity index (χ0) is 19.1. The molecule has 0 aliphatic rings. The van der Waals surface area contributed by atoms with Crippen LogP contribution in [0.5, 0.6) is 11.6 Å². The summed E-state index contributed by atoms with van der Waals surface area (Å²) in [6, 6.07) is 19.2. The topological polar surface area (TPSA) is 76.1 Å². The van der Waals surface area contributed by atoms with Crippen molar-refractivity contribution in [3.63, 3.8) is 0 Å². The second kappa shape index (κ2) is 8.62. The van der Waals surface area contributed by atoms with Crippen molar-refractivity contribution in [2.24, 2.45) is 0 Å². The van der Waals surface area contributed by atoms with E-state index in [0.717, 1.165) is 17.8 Å². The van der Waals surface area contributed by atoms with Gasteiger partial charge in [0.2, 0.25) is 11.8 Å². The number of benzene rings is 2. The molecule has 0 atom stereocenters. The fourth-order valence-corrected chi connectivity index (χ4v) is 2.46. The predicted molar refractivity (Wildman–Crippen MR) is 106 cm³/mol. The van der Waals surface area contributed by atoms with Crippen LogP contribution in [0.25, 0.3) is 0 Å². The van der Waals surface area contributed by atoms with Crippen molar-refractivity contribution in [2.75, 3.05) is 10.6 Å². The normalized spacial score (nSPS) is 10.1. The van der Waals surface area contributed by atoms with Crippen molar-refractivity contribution in [2.45, 2.75) is 13.3 Å². The molecule has 6 nitrogen and oxygen atoms in total. The van der Waals surface area contributed by atoms with Crippen molar-refractivity contribution >= 4 is 17.4 Å². The van der Waals surface area contributed by atoms with Gasteiger partial charge in [-0.25, -0.2) is 9.97 Å². The van der Waals surface area contributed by atoms with Gasteiger partial charge < -0.3 is 15.4 Å². The summed E-state index contributed by atoms with van der Waals surface area (Å²) in [6.45, 7) is 5.49. The van der Waals surface area contributed by atoms with E-state index >= 15 is 0 Å². The monoisotopic (exact) mass is 360 g/mol. The number of aromatic nitrogens is 2. The molecule has 0 radical (unpaired) electrons. The quantitative estimate of drug-likeness (QED) is 0.653. The highest BCUT2D eigenvalue weighted by molar-refractivity contribution is 5.87.